The fraction of sp³-hybridized carbons (Fsp3) is 0.355. The predicted molar refractivity (Wildman–Crippen MR) is 144 cm³/mol. The zero-order chi connectivity index (χ0) is 29.1. The van der Waals surface area contributed by atoms with Gasteiger partial charge in [0.15, 0.2) is 11.4 Å². The second-order valence-electron chi connectivity index (χ2n) is 10.4. The topological polar surface area (TPSA) is 104 Å². The first kappa shape index (κ1) is 28.2. The summed E-state index contributed by atoms with van der Waals surface area (Å²) in [5, 5.41) is 2.57. The number of halogens is 2. The summed E-state index contributed by atoms with van der Waals surface area (Å²) >= 11 is 0. The molecule has 2 aliphatic rings. The summed E-state index contributed by atoms with van der Waals surface area (Å²) in [6.45, 7) is 1.47. The van der Waals surface area contributed by atoms with E-state index in [2.05, 4.69) is 10.3 Å². The number of nitrogens with zero attached hydrogens (tertiary/aromatic N) is 1. The average molecular weight is 565 g/mol. The third kappa shape index (κ3) is 6.53. The van der Waals surface area contributed by atoms with E-state index in [1.54, 1.807) is 18.2 Å². The summed E-state index contributed by atoms with van der Waals surface area (Å²) in [5.74, 6) is -2.85. The van der Waals surface area contributed by atoms with E-state index in [-0.39, 0.29) is 35.3 Å². The lowest BCUT2D eigenvalue weighted by Crippen LogP contribution is -2.43. The van der Waals surface area contributed by atoms with Crippen LogP contribution in [0, 0.1) is 17.6 Å². The van der Waals surface area contributed by atoms with Crippen LogP contribution in [0.4, 0.5) is 8.78 Å². The number of rotatable bonds is 9. The van der Waals surface area contributed by atoms with Crippen molar-refractivity contribution >= 4 is 17.8 Å². The van der Waals surface area contributed by atoms with Crippen molar-refractivity contribution in [2.45, 2.75) is 57.1 Å². The van der Waals surface area contributed by atoms with Gasteiger partial charge in [-0.25, -0.2) is 18.6 Å². The largest absolute Gasteiger partial charge is 0.493 e. The van der Waals surface area contributed by atoms with Crippen LogP contribution in [0.2, 0.25) is 0 Å². The van der Waals surface area contributed by atoms with Crippen molar-refractivity contribution in [3.8, 4) is 11.5 Å². The lowest BCUT2D eigenvalue weighted by molar-refractivity contribution is -0.152. The van der Waals surface area contributed by atoms with E-state index >= 15 is 0 Å². The molecule has 0 saturated heterocycles. The summed E-state index contributed by atoms with van der Waals surface area (Å²) in [6.07, 6.45) is 3.73. The molecule has 1 fully saturated rings. The lowest BCUT2D eigenvalue weighted by atomic mass is 9.77. The minimum absolute atomic E-state index is 0.119. The minimum Gasteiger partial charge on any atom is -0.493 e. The number of aryl methyl sites for hydroxylation is 1. The summed E-state index contributed by atoms with van der Waals surface area (Å²) in [5.41, 5.74) is 2.09. The van der Waals surface area contributed by atoms with Gasteiger partial charge in [-0.15, -0.1) is 0 Å². The highest BCUT2D eigenvalue weighted by molar-refractivity contribution is 5.98. The molecule has 2 aromatic carbocycles. The molecule has 1 aromatic heterocycles. The van der Waals surface area contributed by atoms with E-state index in [0.29, 0.717) is 18.4 Å². The Balaban J connectivity index is 1.32. The van der Waals surface area contributed by atoms with Crippen LogP contribution in [0.25, 0.3) is 0 Å². The fourth-order valence-corrected chi connectivity index (χ4v) is 5.09. The maximum atomic E-state index is 13.9. The highest BCUT2D eigenvalue weighted by Gasteiger charge is 2.35. The van der Waals surface area contributed by atoms with Crippen LogP contribution < -0.4 is 14.8 Å². The normalized spacial score (nSPS) is 18.5. The molecule has 0 spiro atoms. The Hall–Kier alpha value is -4.34. The van der Waals surface area contributed by atoms with Gasteiger partial charge in [0.25, 0.3) is 5.91 Å². The number of ether oxygens (including phenoxy) is 3. The average Bonchev–Trinajstić information content (AvgIpc) is 3.77. The Morgan fingerprint density at radius 2 is 1.76 bits per heavy atom. The minimum atomic E-state index is -1.09. The monoisotopic (exact) mass is 564 g/mol. The Kier molecular flexibility index (Phi) is 8.28. The molecule has 41 heavy (non-hydrogen) atoms. The van der Waals surface area contributed by atoms with Crippen molar-refractivity contribution in [3.63, 3.8) is 0 Å². The zero-order valence-electron chi connectivity index (χ0n) is 22.7. The first-order valence-electron chi connectivity index (χ1n) is 13.5. The number of benzene rings is 2. The van der Waals surface area contributed by atoms with Crippen LogP contribution in [0.15, 0.2) is 54.7 Å². The number of esters is 2. The summed E-state index contributed by atoms with van der Waals surface area (Å²) in [7, 11) is 1.38. The van der Waals surface area contributed by atoms with Gasteiger partial charge in [-0.3, -0.25) is 9.59 Å². The van der Waals surface area contributed by atoms with Gasteiger partial charge in [-0.2, -0.15) is 0 Å². The van der Waals surface area contributed by atoms with E-state index in [1.807, 2.05) is 0 Å². The van der Waals surface area contributed by atoms with Gasteiger partial charge in [-0.05, 0) is 79.5 Å². The van der Waals surface area contributed by atoms with Crippen LogP contribution in [0.3, 0.4) is 0 Å². The number of aromatic nitrogens is 1. The first-order chi connectivity index (χ1) is 19.7. The predicted octanol–water partition coefficient (Wildman–Crippen LogP) is 4.88. The maximum absolute atomic E-state index is 13.9. The molecule has 1 saturated carbocycles. The highest BCUT2D eigenvalue weighted by atomic mass is 19.1. The Labute approximate surface area is 236 Å². The highest BCUT2D eigenvalue weighted by Crippen LogP contribution is 2.39. The van der Waals surface area contributed by atoms with Crippen LogP contribution in [0.1, 0.15) is 65.7 Å². The van der Waals surface area contributed by atoms with Gasteiger partial charge in [0.1, 0.15) is 23.8 Å². The van der Waals surface area contributed by atoms with Crippen molar-refractivity contribution in [1.82, 2.24) is 10.3 Å². The molecule has 10 heteroatoms. The number of methoxy groups -OCH3 is 1. The van der Waals surface area contributed by atoms with Crippen LogP contribution in [-0.2, 0) is 20.7 Å². The van der Waals surface area contributed by atoms with Crippen molar-refractivity contribution in [2.24, 2.45) is 5.92 Å². The SMILES string of the molecule is COc1ccnc(C(=O)N[C@@H](C)C(=O)O[C@@H]2CCc3cc(F)ccc3[C@H]2c2ccc(F)cc2)c1OC(=O)CC1CC1. The number of carbonyl (C=O) groups excluding carboxylic acids is 3. The first-order valence-corrected chi connectivity index (χ1v) is 13.5. The number of carbonyl (C=O) groups is 3. The van der Waals surface area contributed by atoms with E-state index in [0.717, 1.165) is 24.0 Å². The summed E-state index contributed by atoms with van der Waals surface area (Å²) < 4.78 is 44.2. The van der Waals surface area contributed by atoms with Gasteiger partial charge in [0.05, 0.1) is 7.11 Å². The molecular formula is C31H30F2N2O6. The van der Waals surface area contributed by atoms with Gasteiger partial charge < -0.3 is 19.5 Å². The third-order valence-corrected chi connectivity index (χ3v) is 7.38. The van der Waals surface area contributed by atoms with Crippen LogP contribution >= 0.6 is 0 Å². The molecule has 1 heterocycles. The zero-order valence-corrected chi connectivity index (χ0v) is 22.7. The van der Waals surface area contributed by atoms with Gasteiger partial charge in [0, 0.05) is 24.6 Å². The van der Waals surface area contributed by atoms with Crippen LogP contribution in [0.5, 0.6) is 11.5 Å². The van der Waals surface area contributed by atoms with E-state index in [1.165, 1.54) is 50.6 Å². The Bertz CT molecular complexity index is 1460. The standard InChI is InChI=1S/C31H30F2N2O6/c1-17(35-30(37)28-29(25(39-2)13-14-34-28)41-26(36)15-18-3-4-18)31(38)40-24-12-7-20-16-22(33)10-11-23(20)27(24)19-5-8-21(32)9-6-19/h5-6,8-11,13-14,16-18,24,27H,3-4,7,12,15H2,1-2H3,(H,35,37)/t17-,24+,27+/m0/s1. The number of hydrogen-bond donors (Lipinski definition) is 1. The fourth-order valence-electron chi connectivity index (χ4n) is 5.09. The molecule has 3 atom stereocenters. The number of nitrogens with one attached hydrogen (secondary N) is 1. The molecule has 214 valence electrons. The third-order valence-electron chi connectivity index (χ3n) is 7.38. The van der Waals surface area contributed by atoms with Crippen molar-refractivity contribution < 1.29 is 37.4 Å². The van der Waals surface area contributed by atoms with E-state index in [4.69, 9.17) is 14.2 Å². The van der Waals surface area contributed by atoms with Gasteiger partial charge in [0.2, 0.25) is 5.75 Å². The quantitative estimate of drug-likeness (QED) is 0.370. The van der Waals surface area contributed by atoms with Gasteiger partial charge in [-0.1, -0.05) is 18.2 Å². The lowest BCUT2D eigenvalue weighted by Gasteiger charge is -2.34. The molecule has 8 nitrogen and oxygen atoms in total. The molecule has 1 amide bonds. The summed E-state index contributed by atoms with van der Waals surface area (Å²) in [4.78, 5) is 42.8. The molecule has 0 radical (unpaired) electrons. The van der Waals surface area contributed by atoms with Crippen molar-refractivity contribution in [2.75, 3.05) is 7.11 Å². The molecule has 5 rings (SSSR count). The van der Waals surface area contributed by atoms with Gasteiger partial charge >= 0.3 is 11.9 Å². The smallest absolute Gasteiger partial charge is 0.328 e. The molecule has 0 aliphatic heterocycles. The number of fused-ring (bicyclic) bond motifs is 1. The molecule has 2 aliphatic carbocycles. The van der Waals surface area contributed by atoms with E-state index < -0.39 is 41.7 Å². The van der Waals surface area contributed by atoms with Crippen LogP contribution in [-0.4, -0.2) is 42.1 Å². The number of amides is 1. The Morgan fingerprint density at radius 1 is 1.02 bits per heavy atom. The molecule has 0 unspecified atom stereocenters. The molecular weight excluding hydrogens is 534 g/mol. The number of pyridine rings is 1. The Morgan fingerprint density at radius 3 is 2.46 bits per heavy atom. The molecule has 1 N–H and O–H groups in total. The summed E-state index contributed by atoms with van der Waals surface area (Å²) in [6, 6.07) is 10.7. The molecule has 3 aromatic rings. The van der Waals surface area contributed by atoms with E-state index in [9.17, 15) is 23.2 Å². The molecule has 0 bridgehead atoms. The number of hydrogen-bond acceptors (Lipinski definition) is 7. The van der Waals surface area contributed by atoms with Crippen molar-refractivity contribution in [1.29, 1.82) is 0 Å². The van der Waals surface area contributed by atoms with Crippen molar-refractivity contribution in [3.05, 3.63) is 88.7 Å². The maximum Gasteiger partial charge on any atom is 0.328 e. The second kappa shape index (κ2) is 12.0. The second-order valence-corrected chi connectivity index (χ2v) is 10.4.